The zero-order chi connectivity index (χ0) is 20.4. The molecule has 1 aliphatic carbocycles. The van der Waals surface area contributed by atoms with Gasteiger partial charge in [0.1, 0.15) is 0 Å². The van der Waals surface area contributed by atoms with Gasteiger partial charge in [0.25, 0.3) is 0 Å². The fourth-order valence-electron chi connectivity index (χ4n) is 4.39. The van der Waals surface area contributed by atoms with Gasteiger partial charge in [-0.2, -0.15) is 0 Å². The lowest BCUT2D eigenvalue weighted by atomic mass is 9.86. The maximum Gasteiger partial charge on any atom is 0.0208 e. The Labute approximate surface area is 180 Å². The van der Waals surface area contributed by atoms with E-state index in [0.29, 0.717) is 18.1 Å². The molecule has 3 nitrogen and oxygen atoms in total. The van der Waals surface area contributed by atoms with Gasteiger partial charge in [0.2, 0.25) is 0 Å². The molecule has 0 bridgehead atoms. The number of rotatable bonds is 9. The van der Waals surface area contributed by atoms with E-state index in [1.54, 1.807) is 0 Å². The summed E-state index contributed by atoms with van der Waals surface area (Å²) in [7, 11) is 0. The zero-order valence-corrected chi connectivity index (χ0v) is 17.6. The molecule has 0 spiro atoms. The van der Waals surface area contributed by atoms with E-state index in [4.69, 9.17) is 0 Å². The van der Waals surface area contributed by atoms with Crippen LogP contribution < -0.4 is 16.0 Å². The summed E-state index contributed by atoms with van der Waals surface area (Å²) in [5, 5.41) is 11.4. The molecule has 0 amide bonds. The minimum atomic E-state index is 0.514. The average molecular weight is 400 g/mol. The zero-order valence-electron chi connectivity index (χ0n) is 17.6. The first kappa shape index (κ1) is 20.8. The molecule has 1 saturated carbocycles. The lowest BCUT2D eigenvalue weighted by molar-refractivity contribution is 0.246. The SMILES string of the molecule is c1ccc(CNC2CC(NCc3ccccc3)CC(NCc3ccccc3)C2)cc1. The third kappa shape index (κ3) is 6.53. The Kier molecular flexibility index (Phi) is 7.68. The smallest absolute Gasteiger partial charge is 0.0208 e. The Hall–Kier alpha value is -2.46. The summed E-state index contributed by atoms with van der Waals surface area (Å²) in [4.78, 5) is 0. The molecule has 0 saturated heterocycles. The van der Waals surface area contributed by atoms with E-state index in [1.165, 1.54) is 36.0 Å². The molecule has 3 N–H and O–H groups in total. The molecule has 3 heteroatoms. The Morgan fingerprint density at radius 2 is 0.700 bits per heavy atom. The van der Waals surface area contributed by atoms with Crippen molar-refractivity contribution in [1.82, 2.24) is 16.0 Å². The van der Waals surface area contributed by atoms with Gasteiger partial charge < -0.3 is 16.0 Å². The summed E-state index contributed by atoms with van der Waals surface area (Å²) in [5.74, 6) is 0. The third-order valence-electron chi connectivity index (χ3n) is 6.02. The fourth-order valence-corrected chi connectivity index (χ4v) is 4.39. The number of hydrogen-bond donors (Lipinski definition) is 3. The van der Waals surface area contributed by atoms with Crippen molar-refractivity contribution in [3.05, 3.63) is 108 Å². The van der Waals surface area contributed by atoms with Gasteiger partial charge in [-0.25, -0.2) is 0 Å². The van der Waals surface area contributed by atoms with E-state index < -0.39 is 0 Å². The number of nitrogens with one attached hydrogen (secondary N) is 3. The maximum atomic E-state index is 3.81. The van der Waals surface area contributed by atoms with Crippen molar-refractivity contribution in [3.63, 3.8) is 0 Å². The molecule has 1 aliphatic rings. The van der Waals surface area contributed by atoms with Gasteiger partial charge in [-0.1, -0.05) is 91.0 Å². The number of hydrogen-bond acceptors (Lipinski definition) is 3. The first-order chi connectivity index (χ1) is 14.8. The lowest BCUT2D eigenvalue weighted by Crippen LogP contribution is -2.50. The molecule has 3 aromatic rings. The minimum Gasteiger partial charge on any atom is -0.310 e. The summed E-state index contributed by atoms with van der Waals surface area (Å²) in [6.45, 7) is 2.80. The van der Waals surface area contributed by atoms with Gasteiger partial charge in [0.15, 0.2) is 0 Å². The van der Waals surface area contributed by atoms with Crippen LogP contribution in [0.1, 0.15) is 36.0 Å². The van der Waals surface area contributed by atoms with Crippen LogP contribution in [0.2, 0.25) is 0 Å². The van der Waals surface area contributed by atoms with Crippen LogP contribution in [0.4, 0.5) is 0 Å². The van der Waals surface area contributed by atoms with Gasteiger partial charge in [-0.15, -0.1) is 0 Å². The molecule has 156 valence electrons. The van der Waals surface area contributed by atoms with E-state index in [2.05, 4.69) is 107 Å². The molecule has 0 radical (unpaired) electrons. The summed E-state index contributed by atoms with van der Waals surface area (Å²) in [6.07, 6.45) is 3.51. The predicted molar refractivity (Wildman–Crippen MR) is 125 cm³/mol. The highest BCUT2D eigenvalue weighted by atomic mass is 15.0. The standard InChI is InChI=1S/C27H33N3/c1-4-10-22(11-5-1)19-28-25-16-26(29-20-23-12-6-2-7-13-23)18-27(17-25)30-21-24-14-8-3-9-15-24/h1-15,25-30H,16-21H2. The fraction of sp³-hybridized carbons (Fsp3) is 0.333. The molecular weight excluding hydrogens is 366 g/mol. The molecule has 1 fully saturated rings. The highest BCUT2D eigenvalue weighted by molar-refractivity contribution is 5.16. The van der Waals surface area contributed by atoms with E-state index in [0.717, 1.165) is 19.6 Å². The van der Waals surface area contributed by atoms with Gasteiger partial charge in [0.05, 0.1) is 0 Å². The van der Waals surface area contributed by atoms with Crippen LogP contribution >= 0.6 is 0 Å². The van der Waals surface area contributed by atoms with Crippen LogP contribution in [0.15, 0.2) is 91.0 Å². The van der Waals surface area contributed by atoms with E-state index in [1.807, 2.05) is 0 Å². The van der Waals surface area contributed by atoms with Gasteiger partial charge in [-0.3, -0.25) is 0 Å². The van der Waals surface area contributed by atoms with Crippen molar-refractivity contribution in [1.29, 1.82) is 0 Å². The van der Waals surface area contributed by atoms with Crippen LogP contribution in [0, 0.1) is 0 Å². The molecule has 3 aromatic carbocycles. The van der Waals surface area contributed by atoms with Gasteiger partial charge in [-0.05, 0) is 36.0 Å². The Bertz CT molecular complexity index is 727. The second-order valence-corrected chi connectivity index (χ2v) is 8.40. The van der Waals surface area contributed by atoms with Crippen molar-refractivity contribution in [2.24, 2.45) is 0 Å². The molecule has 4 rings (SSSR count). The topological polar surface area (TPSA) is 36.1 Å². The predicted octanol–water partition coefficient (Wildman–Crippen LogP) is 4.65. The normalized spacial score (nSPS) is 21.4. The average Bonchev–Trinajstić information content (AvgIpc) is 2.82. The molecule has 0 aromatic heterocycles. The second kappa shape index (κ2) is 11.1. The molecule has 0 atom stereocenters. The highest BCUT2D eigenvalue weighted by Crippen LogP contribution is 2.21. The highest BCUT2D eigenvalue weighted by Gasteiger charge is 2.28. The van der Waals surface area contributed by atoms with Gasteiger partial charge >= 0.3 is 0 Å². The minimum absolute atomic E-state index is 0.514. The first-order valence-corrected chi connectivity index (χ1v) is 11.2. The maximum absolute atomic E-state index is 3.81. The van der Waals surface area contributed by atoms with E-state index in [-0.39, 0.29) is 0 Å². The van der Waals surface area contributed by atoms with Crippen LogP contribution in [0.3, 0.4) is 0 Å². The Morgan fingerprint density at radius 3 is 0.967 bits per heavy atom. The third-order valence-corrected chi connectivity index (χ3v) is 6.02. The van der Waals surface area contributed by atoms with E-state index in [9.17, 15) is 0 Å². The summed E-state index contributed by atoms with van der Waals surface area (Å²) >= 11 is 0. The summed E-state index contributed by atoms with van der Waals surface area (Å²) in [5.41, 5.74) is 4.06. The summed E-state index contributed by atoms with van der Waals surface area (Å²) < 4.78 is 0. The Balaban J connectivity index is 1.34. The molecule has 0 heterocycles. The quantitative estimate of drug-likeness (QED) is 0.490. The Morgan fingerprint density at radius 1 is 0.433 bits per heavy atom. The molecule has 0 unspecified atom stereocenters. The molecule has 0 aliphatic heterocycles. The van der Waals surface area contributed by atoms with E-state index >= 15 is 0 Å². The lowest BCUT2D eigenvalue weighted by Gasteiger charge is -2.36. The van der Waals surface area contributed by atoms with Crippen molar-refractivity contribution in [2.75, 3.05) is 0 Å². The van der Waals surface area contributed by atoms with Crippen LogP contribution in [-0.4, -0.2) is 18.1 Å². The van der Waals surface area contributed by atoms with Crippen LogP contribution in [-0.2, 0) is 19.6 Å². The first-order valence-electron chi connectivity index (χ1n) is 11.2. The van der Waals surface area contributed by atoms with Crippen molar-refractivity contribution in [2.45, 2.75) is 57.0 Å². The molecular formula is C27H33N3. The van der Waals surface area contributed by atoms with Crippen LogP contribution in [0.25, 0.3) is 0 Å². The monoisotopic (exact) mass is 399 g/mol. The second-order valence-electron chi connectivity index (χ2n) is 8.40. The van der Waals surface area contributed by atoms with Crippen molar-refractivity contribution < 1.29 is 0 Å². The van der Waals surface area contributed by atoms with Crippen molar-refractivity contribution >= 4 is 0 Å². The van der Waals surface area contributed by atoms with Crippen LogP contribution in [0.5, 0.6) is 0 Å². The largest absolute Gasteiger partial charge is 0.310 e. The summed E-state index contributed by atoms with van der Waals surface area (Å²) in [6, 6.07) is 33.7. The number of benzene rings is 3. The van der Waals surface area contributed by atoms with Gasteiger partial charge in [0, 0.05) is 37.8 Å². The molecule has 30 heavy (non-hydrogen) atoms. The van der Waals surface area contributed by atoms with Crippen molar-refractivity contribution in [3.8, 4) is 0 Å².